The highest BCUT2D eigenvalue weighted by molar-refractivity contribution is 5.90. The van der Waals surface area contributed by atoms with Gasteiger partial charge >= 0.3 is 12.0 Å². The van der Waals surface area contributed by atoms with E-state index in [2.05, 4.69) is 19.2 Å². The van der Waals surface area contributed by atoms with Gasteiger partial charge in [0, 0.05) is 19.3 Å². The fraction of sp³-hybridized carbons (Fsp3) is 0.467. The summed E-state index contributed by atoms with van der Waals surface area (Å²) in [5.74, 6) is -0.486. The molecule has 1 aromatic carbocycles. The fourth-order valence-electron chi connectivity index (χ4n) is 1.85. The average Bonchev–Trinajstić information content (AvgIpc) is 2.40. The van der Waals surface area contributed by atoms with Crippen LogP contribution in [0.2, 0.25) is 0 Å². The number of benzene rings is 1. The number of para-hydroxylation sites is 1. The van der Waals surface area contributed by atoms with E-state index in [4.69, 9.17) is 5.11 Å². The Morgan fingerprint density at radius 1 is 1.35 bits per heavy atom. The van der Waals surface area contributed by atoms with E-state index < -0.39 is 5.97 Å². The van der Waals surface area contributed by atoms with E-state index in [1.807, 2.05) is 0 Å². The Bertz CT molecular complexity index is 474. The zero-order chi connectivity index (χ0) is 15.1. The van der Waals surface area contributed by atoms with Crippen LogP contribution in [-0.4, -0.2) is 35.6 Å². The van der Waals surface area contributed by atoms with Gasteiger partial charge in [-0.05, 0) is 17.5 Å². The van der Waals surface area contributed by atoms with Gasteiger partial charge in [0.25, 0.3) is 0 Å². The summed E-state index contributed by atoms with van der Waals surface area (Å²) in [5, 5.41) is 11.6. The van der Waals surface area contributed by atoms with Gasteiger partial charge < -0.3 is 15.3 Å². The maximum absolute atomic E-state index is 12.1. The number of carbonyl (C=O) groups excluding carboxylic acids is 1. The van der Waals surface area contributed by atoms with Crippen molar-refractivity contribution in [3.63, 3.8) is 0 Å². The monoisotopic (exact) mass is 278 g/mol. The van der Waals surface area contributed by atoms with Crippen LogP contribution in [0.5, 0.6) is 0 Å². The van der Waals surface area contributed by atoms with Gasteiger partial charge in [0.2, 0.25) is 0 Å². The highest BCUT2D eigenvalue weighted by atomic mass is 16.4. The van der Waals surface area contributed by atoms with E-state index in [0.717, 1.165) is 6.42 Å². The molecule has 20 heavy (non-hydrogen) atoms. The lowest BCUT2D eigenvalue weighted by molar-refractivity contribution is -0.136. The van der Waals surface area contributed by atoms with Gasteiger partial charge in [-0.3, -0.25) is 4.79 Å². The van der Waals surface area contributed by atoms with Crippen molar-refractivity contribution in [1.29, 1.82) is 0 Å². The molecule has 0 aliphatic heterocycles. The molecule has 0 saturated carbocycles. The molecule has 0 aliphatic carbocycles. The van der Waals surface area contributed by atoms with Crippen LogP contribution < -0.4 is 5.32 Å². The minimum absolute atomic E-state index is 0.106. The SMILES string of the molecule is CCC(C)CN(C)C(=O)Nc1ccccc1CC(=O)O. The summed E-state index contributed by atoms with van der Waals surface area (Å²) >= 11 is 0. The van der Waals surface area contributed by atoms with Crippen LogP contribution in [0.1, 0.15) is 25.8 Å². The first-order valence-corrected chi connectivity index (χ1v) is 6.75. The molecule has 0 bridgehead atoms. The fourth-order valence-corrected chi connectivity index (χ4v) is 1.85. The summed E-state index contributed by atoms with van der Waals surface area (Å²) in [4.78, 5) is 24.5. The van der Waals surface area contributed by atoms with Gasteiger partial charge in [-0.2, -0.15) is 0 Å². The first kappa shape index (κ1) is 16.0. The highest BCUT2D eigenvalue weighted by Gasteiger charge is 2.14. The number of carboxylic acids is 1. The Morgan fingerprint density at radius 2 is 2.00 bits per heavy atom. The predicted octanol–water partition coefficient (Wildman–Crippen LogP) is 2.82. The summed E-state index contributed by atoms with van der Waals surface area (Å²) in [5.41, 5.74) is 1.15. The van der Waals surface area contributed by atoms with Gasteiger partial charge in [-0.15, -0.1) is 0 Å². The molecule has 0 fully saturated rings. The lowest BCUT2D eigenvalue weighted by atomic mass is 10.1. The number of amides is 2. The first-order chi connectivity index (χ1) is 9.43. The van der Waals surface area contributed by atoms with E-state index in [-0.39, 0.29) is 12.5 Å². The number of nitrogens with zero attached hydrogens (tertiary/aromatic N) is 1. The Morgan fingerprint density at radius 3 is 2.60 bits per heavy atom. The van der Waals surface area contributed by atoms with Crippen LogP contribution in [0.25, 0.3) is 0 Å². The molecular formula is C15H22N2O3. The number of hydrogen-bond acceptors (Lipinski definition) is 2. The second kappa shape index (κ2) is 7.53. The molecule has 110 valence electrons. The minimum atomic E-state index is -0.917. The van der Waals surface area contributed by atoms with E-state index in [1.165, 1.54) is 0 Å². The quantitative estimate of drug-likeness (QED) is 0.840. The van der Waals surface area contributed by atoms with E-state index in [0.29, 0.717) is 23.7 Å². The number of rotatable bonds is 6. The van der Waals surface area contributed by atoms with Gasteiger partial charge in [0.05, 0.1) is 6.42 Å². The number of hydrogen-bond donors (Lipinski definition) is 2. The van der Waals surface area contributed by atoms with Crippen LogP contribution in [0.3, 0.4) is 0 Å². The molecule has 2 N–H and O–H groups in total. The molecule has 0 radical (unpaired) electrons. The molecule has 0 heterocycles. The molecule has 1 aromatic rings. The predicted molar refractivity (Wildman–Crippen MR) is 78.9 cm³/mol. The van der Waals surface area contributed by atoms with E-state index in [9.17, 15) is 9.59 Å². The smallest absolute Gasteiger partial charge is 0.321 e. The maximum atomic E-state index is 12.1. The third-order valence-corrected chi connectivity index (χ3v) is 3.23. The molecule has 5 heteroatoms. The molecular weight excluding hydrogens is 256 g/mol. The summed E-state index contributed by atoms with van der Waals surface area (Å²) < 4.78 is 0. The summed E-state index contributed by atoms with van der Waals surface area (Å²) in [6, 6.07) is 6.74. The topological polar surface area (TPSA) is 69.6 Å². The molecule has 0 spiro atoms. The van der Waals surface area contributed by atoms with Crippen molar-refractivity contribution in [2.24, 2.45) is 5.92 Å². The van der Waals surface area contributed by atoms with E-state index >= 15 is 0 Å². The summed E-state index contributed by atoms with van der Waals surface area (Å²) in [7, 11) is 1.74. The number of anilines is 1. The number of aliphatic carboxylic acids is 1. The zero-order valence-electron chi connectivity index (χ0n) is 12.2. The molecule has 1 rings (SSSR count). The first-order valence-electron chi connectivity index (χ1n) is 6.75. The average molecular weight is 278 g/mol. The van der Waals surface area contributed by atoms with Crippen LogP contribution in [0.15, 0.2) is 24.3 Å². The van der Waals surface area contributed by atoms with Crippen molar-refractivity contribution >= 4 is 17.7 Å². The molecule has 2 amide bonds. The molecule has 0 saturated heterocycles. The largest absolute Gasteiger partial charge is 0.481 e. The third-order valence-electron chi connectivity index (χ3n) is 3.23. The highest BCUT2D eigenvalue weighted by Crippen LogP contribution is 2.16. The number of nitrogens with one attached hydrogen (secondary N) is 1. The van der Waals surface area contributed by atoms with Gasteiger partial charge in [0.1, 0.15) is 0 Å². The Labute approximate surface area is 119 Å². The normalized spacial score (nSPS) is 11.8. The molecule has 1 unspecified atom stereocenters. The molecule has 5 nitrogen and oxygen atoms in total. The Balaban J connectivity index is 2.72. The number of carboxylic acid groups (broad SMARTS) is 1. The van der Waals surface area contributed by atoms with Crippen molar-refractivity contribution in [3.05, 3.63) is 29.8 Å². The molecule has 1 atom stereocenters. The van der Waals surface area contributed by atoms with Crippen molar-refractivity contribution < 1.29 is 14.7 Å². The number of urea groups is 1. The second-order valence-electron chi connectivity index (χ2n) is 5.05. The Kier molecular flexibility index (Phi) is 6.03. The lowest BCUT2D eigenvalue weighted by Gasteiger charge is -2.22. The van der Waals surface area contributed by atoms with Gasteiger partial charge in [0.15, 0.2) is 0 Å². The summed E-state index contributed by atoms with van der Waals surface area (Å²) in [6.45, 7) is 4.84. The van der Waals surface area contributed by atoms with Gasteiger partial charge in [-0.1, -0.05) is 38.5 Å². The van der Waals surface area contributed by atoms with Gasteiger partial charge in [-0.25, -0.2) is 4.79 Å². The van der Waals surface area contributed by atoms with Crippen LogP contribution in [0, 0.1) is 5.92 Å². The van der Waals surface area contributed by atoms with Crippen molar-refractivity contribution in [2.45, 2.75) is 26.7 Å². The third kappa shape index (κ3) is 4.91. The van der Waals surface area contributed by atoms with Crippen molar-refractivity contribution in [2.75, 3.05) is 18.9 Å². The standard InChI is InChI=1S/C15H22N2O3/c1-4-11(2)10-17(3)15(20)16-13-8-6-5-7-12(13)9-14(18)19/h5-8,11H,4,9-10H2,1-3H3,(H,16,20)(H,18,19). The maximum Gasteiger partial charge on any atom is 0.321 e. The van der Waals surface area contributed by atoms with Crippen LogP contribution in [-0.2, 0) is 11.2 Å². The molecule has 0 aromatic heterocycles. The van der Waals surface area contributed by atoms with Crippen LogP contribution in [0.4, 0.5) is 10.5 Å². The zero-order valence-corrected chi connectivity index (χ0v) is 12.2. The Hall–Kier alpha value is -2.04. The van der Waals surface area contributed by atoms with E-state index in [1.54, 1.807) is 36.2 Å². The molecule has 0 aliphatic rings. The number of carbonyl (C=O) groups is 2. The van der Waals surface area contributed by atoms with Crippen LogP contribution >= 0.6 is 0 Å². The van der Waals surface area contributed by atoms with Crippen molar-refractivity contribution in [1.82, 2.24) is 4.90 Å². The lowest BCUT2D eigenvalue weighted by Crippen LogP contribution is -2.34. The minimum Gasteiger partial charge on any atom is -0.481 e. The second-order valence-corrected chi connectivity index (χ2v) is 5.05. The van der Waals surface area contributed by atoms with Crippen molar-refractivity contribution in [3.8, 4) is 0 Å². The summed E-state index contributed by atoms with van der Waals surface area (Å²) in [6.07, 6.45) is 0.902.